The Balaban J connectivity index is 2.41. The van der Waals surface area contributed by atoms with Crippen molar-refractivity contribution in [1.82, 2.24) is 0 Å². The molecule has 0 heterocycles. The van der Waals surface area contributed by atoms with E-state index in [2.05, 4.69) is 4.99 Å². The highest BCUT2D eigenvalue weighted by atomic mass is 19.3. The predicted molar refractivity (Wildman–Crippen MR) is 43.0 cm³/mol. The normalized spacial score (nSPS) is 18.5. The number of nitrogens with two attached hydrogens (primary N) is 2. The van der Waals surface area contributed by atoms with Crippen molar-refractivity contribution in [1.29, 1.82) is 0 Å². The summed E-state index contributed by atoms with van der Waals surface area (Å²) >= 11 is 0. The van der Waals surface area contributed by atoms with Crippen LogP contribution < -0.4 is 11.5 Å². The summed E-state index contributed by atoms with van der Waals surface area (Å²) < 4.78 is 26.0. The van der Waals surface area contributed by atoms with Crippen molar-refractivity contribution in [2.75, 3.05) is 6.54 Å². The average Bonchev–Trinajstić information content (AvgIpc) is 1.78. The van der Waals surface area contributed by atoms with Crippen molar-refractivity contribution in [3.05, 3.63) is 0 Å². The first-order valence-corrected chi connectivity index (χ1v) is 3.95. The molecule has 0 amide bonds. The molecule has 3 nitrogen and oxygen atoms in total. The van der Waals surface area contributed by atoms with Crippen LogP contribution in [0.15, 0.2) is 4.99 Å². The third-order valence-corrected chi connectivity index (χ3v) is 2.17. The Bertz CT molecular complexity index is 183. The van der Waals surface area contributed by atoms with Crippen LogP contribution in [0.5, 0.6) is 0 Å². The van der Waals surface area contributed by atoms with E-state index in [0.717, 1.165) is 6.42 Å². The Morgan fingerprint density at radius 3 is 2.33 bits per heavy atom. The van der Waals surface area contributed by atoms with Gasteiger partial charge in [0.2, 0.25) is 0 Å². The summed E-state index contributed by atoms with van der Waals surface area (Å²) in [5.41, 5.74) is 9.91. The second kappa shape index (κ2) is 3.25. The summed E-state index contributed by atoms with van der Waals surface area (Å²) in [7, 11) is 0. The Kier molecular flexibility index (Phi) is 2.49. The van der Waals surface area contributed by atoms with Gasteiger partial charge in [0.15, 0.2) is 5.96 Å². The minimum atomic E-state index is -2.72. The fraction of sp³-hybridized carbons (Fsp3) is 0.857. The number of alkyl halides is 2. The lowest BCUT2D eigenvalue weighted by molar-refractivity contribution is -0.0778. The Hall–Kier alpha value is -0.870. The molecule has 0 atom stereocenters. The quantitative estimate of drug-likeness (QED) is 0.492. The lowest BCUT2D eigenvalue weighted by Crippen LogP contribution is -2.37. The second-order valence-corrected chi connectivity index (χ2v) is 3.13. The molecule has 0 aromatic heterocycles. The van der Waals surface area contributed by atoms with E-state index in [1.54, 1.807) is 0 Å². The molecule has 5 heteroatoms. The molecule has 1 rings (SSSR count). The largest absolute Gasteiger partial charge is 0.370 e. The molecule has 1 aliphatic carbocycles. The van der Waals surface area contributed by atoms with E-state index in [1.165, 1.54) is 0 Å². The number of nitrogens with zero attached hydrogens (tertiary/aromatic N) is 1. The zero-order valence-electron chi connectivity index (χ0n) is 6.76. The van der Waals surface area contributed by atoms with Gasteiger partial charge < -0.3 is 11.5 Å². The number of hydrogen-bond donors (Lipinski definition) is 2. The first kappa shape index (κ1) is 9.22. The maximum Gasteiger partial charge on any atom is 0.270 e. The highest BCUT2D eigenvalue weighted by Crippen LogP contribution is 2.39. The van der Waals surface area contributed by atoms with Gasteiger partial charge in [-0.1, -0.05) is 6.42 Å². The molecule has 0 saturated heterocycles. The molecule has 0 unspecified atom stereocenters. The summed E-state index contributed by atoms with van der Waals surface area (Å²) in [4.78, 5) is 3.32. The molecule has 0 aromatic carbocycles. The maximum absolute atomic E-state index is 13.0. The van der Waals surface area contributed by atoms with Crippen LogP contribution in [0.4, 0.5) is 8.78 Å². The van der Waals surface area contributed by atoms with Crippen LogP contribution in [-0.4, -0.2) is 18.4 Å². The molecule has 4 N–H and O–H groups in total. The van der Waals surface area contributed by atoms with Crippen molar-refractivity contribution in [2.45, 2.75) is 25.2 Å². The van der Waals surface area contributed by atoms with Crippen molar-refractivity contribution in [3.63, 3.8) is 0 Å². The zero-order valence-corrected chi connectivity index (χ0v) is 6.76. The summed E-state index contributed by atoms with van der Waals surface area (Å²) in [6.45, 7) is -0.569. The monoisotopic (exact) mass is 177 g/mol. The van der Waals surface area contributed by atoms with Crippen molar-refractivity contribution >= 4 is 5.96 Å². The first-order valence-electron chi connectivity index (χ1n) is 3.95. The summed E-state index contributed by atoms with van der Waals surface area (Å²) in [5.74, 6) is -3.50. The maximum atomic E-state index is 13.0. The Morgan fingerprint density at radius 2 is 2.00 bits per heavy atom. The molecule has 0 aromatic rings. The van der Waals surface area contributed by atoms with Gasteiger partial charge in [0.25, 0.3) is 5.92 Å². The van der Waals surface area contributed by atoms with Gasteiger partial charge in [0.05, 0.1) is 0 Å². The molecule has 1 aliphatic rings. The molecule has 0 spiro atoms. The molecule has 0 radical (unpaired) electrons. The molecular weight excluding hydrogens is 164 g/mol. The fourth-order valence-electron chi connectivity index (χ4n) is 1.16. The third kappa shape index (κ3) is 2.06. The highest BCUT2D eigenvalue weighted by Gasteiger charge is 2.42. The van der Waals surface area contributed by atoms with Crippen LogP contribution in [0.2, 0.25) is 0 Å². The first-order chi connectivity index (χ1) is 5.52. The van der Waals surface area contributed by atoms with Gasteiger partial charge in [0.1, 0.15) is 6.54 Å². The van der Waals surface area contributed by atoms with Crippen LogP contribution in [0, 0.1) is 5.92 Å². The van der Waals surface area contributed by atoms with Gasteiger partial charge in [0, 0.05) is 5.92 Å². The van der Waals surface area contributed by atoms with E-state index in [9.17, 15) is 8.78 Å². The number of hydrogen-bond acceptors (Lipinski definition) is 1. The number of rotatable bonds is 3. The number of halogens is 2. The van der Waals surface area contributed by atoms with E-state index in [-0.39, 0.29) is 5.96 Å². The van der Waals surface area contributed by atoms with Gasteiger partial charge in [-0.15, -0.1) is 0 Å². The lowest BCUT2D eigenvalue weighted by Gasteiger charge is -2.32. The molecular formula is C7H13F2N3. The number of aliphatic imine (C=N–C) groups is 1. The fourth-order valence-corrected chi connectivity index (χ4v) is 1.16. The summed E-state index contributed by atoms with van der Waals surface area (Å²) in [5, 5.41) is 0. The van der Waals surface area contributed by atoms with E-state index in [0.29, 0.717) is 12.8 Å². The van der Waals surface area contributed by atoms with Gasteiger partial charge in [-0.2, -0.15) is 0 Å². The minimum Gasteiger partial charge on any atom is -0.370 e. The predicted octanol–water partition coefficient (Wildman–Crippen LogP) is 0.695. The molecule has 0 aliphatic heterocycles. The van der Waals surface area contributed by atoms with E-state index >= 15 is 0 Å². The van der Waals surface area contributed by atoms with Gasteiger partial charge in [-0.25, -0.2) is 13.8 Å². The van der Waals surface area contributed by atoms with Crippen LogP contribution in [0.25, 0.3) is 0 Å². The highest BCUT2D eigenvalue weighted by molar-refractivity contribution is 5.75. The van der Waals surface area contributed by atoms with Gasteiger partial charge in [-0.05, 0) is 12.8 Å². The Morgan fingerprint density at radius 1 is 1.42 bits per heavy atom. The van der Waals surface area contributed by atoms with Crippen molar-refractivity contribution in [2.24, 2.45) is 22.4 Å². The number of guanidine groups is 1. The van der Waals surface area contributed by atoms with E-state index < -0.39 is 18.4 Å². The molecule has 12 heavy (non-hydrogen) atoms. The molecule has 1 saturated carbocycles. The SMILES string of the molecule is NC(N)=NCC(F)(F)C1CCC1. The van der Waals surface area contributed by atoms with Gasteiger partial charge in [-0.3, -0.25) is 0 Å². The Labute approximate surface area is 69.8 Å². The molecule has 0 bridgehead atoms. The van der Waals surface area contributed by atoms with Crippen LogP contribution in [-0.2, 0) is 0 Å². The standard InChI is InChI=1S/C7H13F2N3/c8-7(9,4-12-6(10)11)5-2-1-3-5/h5H,1-4H2,(H4,10,11,12). The van der Waals surface area contributed by atoms with Crippen LogP contribution in [0.3, 0.4) is 0 Å². The van der Waals surface area contributed by atoms with Crippen molar-refractivity contribution in [3.8, 4) is 0 Å². The minimum absolute atomic E-state index is 0.269. The second-order valence-electron chi connectivity index (χ2n) is 3.13. The average molecular weight is 177 g/mol. The van der Waals surface area contributed by atoms with Crippen LogP contribution >= 0.6 is 0 Å². The zero-order chi connectivity index (χ0) is 9.19. The van der Waals surface area contributed by atoms with Crippen molar-refractivity contribution < 1.29 is 8.78 Å². The lowest BCUT2D eigenvalue weighted by atomic mass is 9.80. The third-order valence-electron chi connectivity index (χ3n) is 2.17. The topological polar surface area (TPSA) is 64.4 Å². The van der Waals surface area contributed by atoms with Crippen LogP contribution in [0.1, 0.15) is 19.3 Å². The van der Waals surface area contributed by atoms with E-state index in [4.69, 9.17) is 11.5 Å². The molecule has 70 valence electrons. The summed E-state index contributed by atoms with van der Waals surface area (Å²) in [6.07, 6.45) is 2.07. The van der Waals surface area contributed by atoms with E-state index in [1.807, 2.05) is 0 Å². The molecule has 1 fully saturated rings. The smallest absolute Gasteiger partial charge is 0.270 e. The van der Waals surface area contributed by atoms with Gasteiger partial charge >= 0.3 is 0 Å². The summed E-state index contributed by atoms with van der Waals surface area (Å²) in [6, 6.07) is 0.